The summed E-state index contributed by atoms with van der Waals surface area (Å²) in [6.45, 7) is 4.86. The fourth-order valence-corrected chi connectivity index (χ4v) is 3.38. The van der Waals surface area contributed by atoms with Crippen molar-refractivity contribution < 1.29 is 22.7 Å². The van der Waals surface area contributed by atoms with Gasteiger partial charge in [0.1, 0.15) is 0 Å². The van der Waals surface area contributed by atoms with Crippen LogP contribution in [0.2, 0.25) is 0 Å². The van der Waals surface area contributed by atoms with Gasteiger partial charge in [-0.25, -0.2) is 4.79 Å². The van der Waals surface area contributed by atoms with E-state index < -0.39 is 35.3 Å². The molecule has 0 radical (unpaired) electrons. The summed E-state index contributed by atoms with van der Waals surface area (Å²) in [5.41, 5.74) is -0.942. The van der Waals surface area contributed by atoms with Crippen LogP contribution >= 0.6 is 0 Å². The van der Waals surface area contributed by atoms with Crippen LogP contribution in [0.4, 0.5) is 18.9 Å². The molecule has 0 bridgehead atoms. The number of halogens is 3. The number of aromatic amines is 1. The predicted molar refractivity (Wildman–Crippen MR) is 97.9 cm³/mol. The molecule has 2 aromatic rings. The van der Waals surface area contributed by atoms with E-state index in [1.807, 2.05) is 0 Å². The van der Waals surface area contributed by atoms with Crippen molar-refractivity contribution in [2.75, 3.05) is 5.32 Å². The van der Waals surface area contributed by atoms with Crippen LogP contribution in [0.3, 0.4) is 0 Å². The van der Waals surface area contributed by atoms with Crippen molar-refractivity contribution >= 4 is 11.7 Å². The molecular weight excluding hydrogens is 373 g/mol. The molecule has 0 fully saturated rings. The Labute approximate surface area is 159 Å². The number of fused-ring (bicyclic) bond motifs is 1. The van der Waals surface area contributed by atoms with E-state index in [4.69, 9.17) is 4.74 Å². The number of pyridine rings is 1. The number of nitrogens with one attached hydrogen (secondary N) is 2. The van der Waals surface area contributed by atoms with Gasteiger partial charge in [-0.2, -0.15) is 13.2 Å². The van der Waals surface area contributed by atoms with Crippen molar-refractivity contribution in [1.82, 2.24) is 4.98 Å². The average molecular weight is 392 g/mol. The van der Waals surface area contributed by atoms with Gasteiger partial charge in [-0.1, -0.05) is 18.2 Å². The molecule has 5 nitrogen and oxygen atoms in total. The van der Waals surface area contributed by atoms with Crippen LogP contribution in [0.5, 0.6) is 0 Å². The number of rotatable bonds is 3. The summed E-state index contributed by atoms with van der Waals surface area (Å²) < 4.78 is 46.3. The van der Waals surface area contributed by atoms with Crippen LogP contribution in [0.1, 0.15) is 43.4 Å². The molecule has 1 unspecified atom stereocenters. The lowest BCUT2D eigenvalue weighted by molar-refractivity contribution is -0.143. The molecule has 28 heavy (non-hydrogen) atoms. The van der Waals surface area contributed by atoms with Gasteiger partial charge in [-0.15, -0.1) is 0 Å². The molecule has 148 valence electrons. The first-order valence-electron chi connectivity index (χ1n) is 8.67. The molecule has 1 aliphatic rings. The van der Waals surface area contributed by atoms with Crippen LogP contribution in [0.25, 0.3) is 0 Å². The third-order valence-corrected chi connectivity index (χ3v) is 4.44. The average Bonchev–Trinajstić information content (AvgIpc) is 2.59. The zero-order chi connectivity index (χ0) is 20.6. The van der Waals surface area contributed by atoms with Crippen LogP contribution in [0, 0.1) is 0 Å². The summed E-state index contributed by atoms with van der Waals surface area (Å²) in [6.07, 6.45) is -3.72. The summed E-state index contributed by atoms with van der Waals surface area (Å²) in [7, 11) is 0. The first-order valence-corrected chi connectivity index (χ1v) is 8.67. The second-order valence-corrected chi connectivity index (χ2v) is 6.77. The van der Waals surface area contributed by atoms with E-state index in [-0.39, 0.29) is 16.7 Å². The molecule has 0 aliphatic carbocycles. The minimum absolute atomic E-state index is 0.0189. The van der Waals surface area contributed by atoms with E-state index in [9.17, 15) is 22.8 Å². The summed E-state index contributed by atoms with van der Waals surface area (Å²) in [4.78, 5) is 27.8. The summed E-state index contributed by atoms with van der Waals surface area (Å²) in [5, 5.41) is 2.94. The summed E-state index contributed by atoms with van der Waals surface area (Å²) in [6, 6.07) is 6.49. The fraction of sp³-hybridized carbons (Fsp3) is 0.300. The standard InChI is InChI=1S/C20H19F3N2O3/c1-10(2)28-19(27)15-11(3)25-14-8-9-24-18(26)17(14)16(15)12-6-4-5-7-13(12)20(21,22)23/h4-10,16,25H,1-3H3,(H,24,26). The molecule has 1 atom stereocenters. The molecule has 1 aromatic heterocycles. The van der Waals surface area contributed by atoms with Gasteiger partial charge in [0, 0.05) is 17.6 Å². The van der Waals surface area contributed by atoms with E-state index in [0.29, 0.717) is 11.4 Å². The molecule has 3 rings (SSSR count). The Bertz CT molecular complexity index is 1010. The van der Waals surface area contributed by atoms with E-state index in [1.54, 1.807) is 26.8 Å². The number of H-pyrrole nitrogens is 1. The molecule has 8 heteroatoms. The highest BCUT2D eigenvalue weighted by atomic mass is 19.4. The number of alkyl halides is 3. The number of anilines is 1. The fourth-order valence-electron chi connectivity index (χ4n) is 3.38. The maximum absolute atomic E-state index is 13.7. The summed E-state index contributed by atoms with van der Waals surface area (Å²) in [5.74, 6) is -1.99. The van der Waals surface area contributed by atoms with Crippen LogP contribution in [-0.4, -0.2) is 17.1 Å². The molecule has 0 saturated heterocycles. The van der Waals surface area contributed by atoms with E-state index in [1.165, 1.54) is 24.4 Å². The molecular formula is C20H19F3N2O3. The maximum Gasteiger partial charge on any atom is 0.416 e. The van der Waals surface area contributed by atoms with Crippen molar-refractivity contribution in [2.45, 2.75) is 39.0 Å². The number of aromatic nitrogens is 1. The number of allylic oxidation sites excluding steroid dienone is 1. The van der Waals surface area contributed by atoms with Crippen molar-refractivity contribution in [3.8, 4) is 0 Å². The Hall–Kier alpha value is -3.03. The minimum Gasteiger partial charge on any atom is -0.460 e. The largest absolute Gasteiger partial charge is 0.460 e. The van der Waals surface area contributed by atoms with Gasteiger partial charge in [-0.3, -0.25) is 4.79 Å². The molecule has 0 amide bonds. The molecule has 0 spiro atoms. The molecule has 1 aromatic carbocycles. The highest BCUT2D eigenvalue weighted by Gasteiger charge is 2.41. The number of carbonyl (C=O) groups excluding carboxylic acids is 1. The first kappa shape index (κ1) is 19.7. The Morgan fingerprint density at radius 2 is 1.86 bits per heavy atom. The molecule has 2 heterocycles. The van der Waals surface area contributed by atoms with Crippen molar-refractivity contribution in [1.29, 1.82) is 0 Å². The normalized spacial score (nSPS) is 16.6. The van der Waals surface area contributed by atoms with Crippen LogP contribution in [-0.2, 0) is 15.7 Å². The lowest BCUT2D eigenvalue weighted by Gasteiger charge is -2.31. The van der Waals surface area contributed by atoms with Gasteiger partial charge in [0.2, 0.25) is 0 Å². The summed E-state index contributed by atoms with van der Waals surface area (Å²) >= 11 is 0. The van der Waals surface area contributed by atoms with Gasteiger partial charge in [0.05, 0.1) is 28.7 Å². The highest BCUT2D eigenvalue weighted by Crippen LogP contribution is 2.44. The number of hydrogen-bond acceptors (Lipinski definition) is 4. The minimum atomic E-state index is -4.65. The highest BCUT2D eigenvalue weighted by molar-refractivity contribution is 5.94. The molecule has 1 aliphatic heterocycles. The Morgan fingerprint density at radius 3 is 2.50 bits per heavy atom. The monoisotopic (exact) mass is 392 g/mol. The zero-order valence-corrected chi connectivity index (χ0v) is 15.5. The Balaban J connectivity index is 2.32. The Morgan fingerprint density at radius 1 is 1.18 bits per heavy atom. The van der Waals surface area contributed by atoms with Gasteiger partial charge in [-0.05, 0) is 38.5 Å². The molecule has 2 N–H and O–H groups in total. The predicted octanol–water partition coefficient (Wildman–Crippen LogP) is 4.18. The number of benzene rings is 1. The third-order valence-electron chi connectivity index (χ3n) is 4.44. The van der Waals surface area contributed by atoms with Gasteiger partial charge in [0.15, 0.2) is 0 Å². The van der Waals surface area contributed by atoms with Crippen LogP contribution in [0.15, 0.2) is 52.6 Å². The van der Waals surface area contributed by atoms with Crippen molar-refractivity contribution in [3.63, 3.8) is 0 Å². The number of carbonyl (C=O) groups is 1. The number of ether oxygens (including phenoxy) is 1. The van der Waals surface area contributed by atoms with Gasteiger partial charge in [0.25, 0.3) is 5.56 Å². The Kier molecular flexibility index (Phi) is 5.06. The zero-order valence-electron chi connectivity index (χ0n) is 15.5. The smallest absolute Gasteiger partial charge is 0.416 e. The SMILES string of the molecule is CC1=C(C(=O)OC(C)C)C(c2ccccc2C(F)(F)F)c2c(cc[nH]c2=O)N1. The van der Waals surface area contributed by atoms with E-state index in [0.717, 1.165) is 6.07 Å². The van der Waals surface area contributed by atoms with Crippen molar-refractivity contribution in [2.24, 2.45) is 0 Å². The van der Waals surface area contributed by atoms with E-state index in [2.05, 4.69) is 10.3 Å². The van der Waals surface area contributed by atoms with Crippen LogP contribution < -0.4 is 10.9 Å². The quantitative estimate of drug-likeness (QED) is 0.769. The van der Waals surface area contributed by atoms with E-state index >= 15 is 0 Å². The first-order chi connectivity index (χ1) is 13.1. The van der Waals surface area contributed by atoms with Crippen molar-refractivity contribution in [3.05, 3.63) is 74.8 Å². The molecule has 0 saturated carbocycles. The maximum atomic E-state index is 13.7. The third kappa shape index (κ3) is 3.54. The second kappa shape index (κ2) is 7.18. The second-order valence-electron chi connectivity index (χ2n) is 6.77. The number of hydrogen-bond donors (Lipinski definition) is 2. The van der Waals surface area contributed by atoms with Gasteiger partial charge < -0.3 is 15.0 Å². The topological polar surface area (TPSA) is 71.2 Å². The lowest BCUT2D eigenvalue weighted by atomic mass is 9.79. The number of esters is 1. The van der Waals surface area contributed by atoms with Gasteiger partial charge >= 0.3 is 12.1 Å². The lowest BCUT2D eigenvalue weighted by Crippen LogP contribution is -2.31.